The largest absolute Gasteiger partial charge is 0.352 e. The minimum Gasteiger partial charge on any atom is -0.352 e. The Bertz CT molecular complexity index is 680. The molecule has 0 radical (unpaired) electrons. The summed E-state index contributed by atoms with van der Waals surface area (Å²) < 4.78 is 1.64. The number of benzene rings is 1. The lowest BCUT2D eigenvalue weighted by Gasteiger charge is -2.14. The van der Waals surface area contributed by atoms with Crippen molar-refractivity contribution in [2.24, 2.45) is 13.0 Å². The topological polar surface area (TPSA) is 67.2 Å². The molecule has 22 heavy (non-hydrogen) atoms. The summed E-state index contributed by atoms with van der Waals surface area (Å²) in [5.74, 6) is -0.423. The highest BCUT2D eigenvalue weighted by molar-refractivity contribution is 6.00. The molecule has 1 atom stereocenters. The van der Waals surface area contributed by atoms with Crippen LogP contribution in [0.5, 0.6) is 0 Å². The quantitative estimate of drug-likeness (QED) is 0.919. The Balaban J connectivity index is 1.59. The van der Waals surface area contributed by atoms with Crippen molar-refractivity contribution in [3.8, 4) is 0 Å². The van der Waals surface area contributed by atoms with Crippen molar-refractivity contribution in [3.63, 3.8) is 0 Å². The van der Waals surface area contributed by atoms with Crippen molar-refractivity contribution in [2.75, 3.05) is 11.4 Å². The number of nitrogens with zero attached hydrogens (tertiary/aromatic N) is 3. The SMILES string of the molecule is Cn1cc(N2C[C@@H](C(=O)NCc3ccccc3)CC2=O)cn1. The molecular weight excluding hydrogens is 280 g/mol. The van der Waals surface area contributed by atoms with Crippen LogP contribution in [-0.4, -0.2) is 28.1 Å². The molecule has 2 heterocycles. The first-order valence-corrected chi connectivity index (χ1v) is 7.24. The molecule has 1 aliphatic rings. The van der Waals surface area contributed by atoms with Gasteiger partial charge in [0.05, 0.1) is 17.8 Å². The first-order chi connectivity index (χ1) is 10.6. The maximum absolute atomic E-state index is 12.2. The second-order valence-electron chi connectivity index (χ2n) is 5.48. The van der Waals surface area contributed by atoms with E-state index in [1.165, 1.54) is 0 Å². The number of hydrogen-bond acceptors (Lipinski definition) is 3. The standard InChI is InChI=1S/C16H18N4O2/c1-19-11-14(9-18-19)20-10-13(7-15(20)21)16(22)17-8-12-5-3-2-4-6-12/h2-6,9,11,13H,7-8,10H2,1H3,(H,17,22)/t13-/m0/s1. The molecule has 1 fully saturated rings. The van der Waals surface area contributed by atoms with Crippen LogP contribution < -0.4 is 10.2 Å². The van der Waals surface area contributed by atoms with Crippen molar-refractivity contribution >= 4 is 17.5 Å². The van der Waals surface area contributed by atoms with E-state index in [0.717, 1.165) is 11.3 Å². The van der Waals surface area contributed by atoms with Gasteiger partial charge in [0.1, 0.15) is 0 Å². The Morgan fingerprint density at radius 3 is 2.82 bits per heavy atom. The summed E-state index contributed by atoms with van der Waals surface area (Å²) in [4.78, 5) is 25.9. The van der Waals surface area contributed by atoms with E-state index in [4.69, 9.17) is 0 Å². The number of carbonyl (C=O) groups excluding carboxylic acids is 2. The Hall–Kier alpha value is -2.63. The molecule has 1 aliphatic heterocycles. The summed E-state index contributed by atoms with van der Waals surface area (Å²) >= 11 is 0. The highest BCUT2D eigenvalue weighted by Crippen LogP contribution is 2.24. The summed E-state index contributed by atoms with van der Waals surface area (Å²) in [6.45, 7) is 0.891. The fourth-order valence-electron chi connectivity index (χ4n) is 2.61. The van der Waals surface area contributed by atoms with Gasteiger partial charge in [-0.25, -0.2) is 0 Å². The van der Waals surface area contributed by atoms with Crippen molar-refractivity contribution in [1.82, 2.24) is 15.1 Å². The normalized spacial score (nSPS) is 17.8. The number of carbonyl (C=O) groups is 2. The Morgan fingerprint density at radius 2 is 2.14 bits per heavy atom. The monoisotopic (exact) mass is 298 g/mol. The van der Waals surface area contributed by atoms with Gasteiger partial charge in [-0.1, -0.05) is 30.3 Å². The van der Waals surface area contributed by atoms with Gasteiger partial charge in [0.15, 0.2) is 0 Å². The first kappa shape index (κ1) is 14.3. The van der Waals surface area contributed by atoms with E-state index in [-0.39, 0.29) is 24.2 Å². The third kappa shape index (κ3) is 3.00. The number of rotatable bonds is 4. The summed E-state index contributed by atoms with van der Waals surface area (Å²) in [5.41, 5.74) is 1.79. The molecule has 1 N–H and O–H groups in total. The molecule has 0 spiro atoms. The number of aryl methyl sites for hydroxylation is 1. The first-order valence-electron chi connectivity index (χ1n) is 7.24. The van der Waals surface area contributed by atoms with E-state index >= 15 is 0 Å². The molecule has 3 rings (SSSR count). The molecule has 6 nitrogen and oxygen atoms in total. The summed E-state index contributed by atoms with van der Waals surface area (Å²) in [5, 5.41) is 6.96. The van der Waals surface area contributed by atoms with E-state index in [1.807, 2.05) is 30.3 Å². The molecule has 114 valence electrons. The van der Waals surface area contributed by atoms with Gasteiger partial charge < -0.3 is 10.2 Å². The lowest BCUT2D eigenvalue weighted by Crippen LogP contribution is -2.32. The Kier molecular flexibility index (Phi) is 3.91. The molecular formula is C16H18N4O2. The maximum atomic E-state index is 12.2. The average molecular weight is 298 g/mol. The highest BCUT2D eigenvalue weighted by atomic mass is 16.2. The van der Waals surface area contributed by atoms with E-state index < -0.39 is 0 Å². The van der Waals surface area contributed by atoms with Gasteiger partial charge in [-0.05, 0) is 5.56 Å². The summed E-state index contributed by atoms with van der Waals surface area (Å²) in [6.07, 6.45) is 3.67. The number of anilines is 1. The molecule has 0 aliphatic carbocycles. The van der Waals surface area contributed by atoms with Crippen molar-refractivity contribution < 1.29 is 9.59 Å². The van der Waals surface area contributed by atoms with Gasteiger partial charge in [0, 0.05) is 32.8 Å². The lowest BCUT2D eigenvalue weighted by atomic mass is 10.1. The third-order valence-electron chi connectivity index (χ3n) is 3.81. The second-order valence-corrected chi connectivity index (χ2v) is 5.48. The van der Waals surface area contributed by atoms with Crippen molar-refractivity contribution in [3.05, 3.63) is 48.3 Å². The molecule has 1 saturated heterocycles. The van der Waals surface area contributed by atoms with Crippen LogP contribution in [0.4, 0.5) is 5.69 Å². The van der Waals surface area contributed by atoms with E-state index in [2.05, 4.69) is 10.4 Å². The molecule has 0 unspecified atom stereocenters. The second kappa shape index (κ2) is 6.01. The average Bonchev–Trinajstić information content (AvgIpc) is 3.11. The van der Waals surface area contributed by atoms with Crippen LogP contribution in [0.2, 0.25) is 0 Å². The molecule has 2 aromatic rings. The molecule has 1 aromatic heterocycles. The molecule has 0 saturated carbocycles. The number of amides is 2. The van der Waals surface area contributed by atoms with Crippen molar-refractivity contribution in [1.29, 1.82) is 0 Å². The number of nitrogens with one attached hydrogen (secondary N) is 1. The zero-order chi connectivity index (χ0) is 15.5. The summed E-state index contributed by atoms with van der Waals surface area (Å²) in [6, 6.07) is 9.73. The predicted octanol–water partition coefficient (Wildman–Crippen LogP) is 1.09. The fourth-order valence-corrected chi connectivity index (χ4v) is 2.61. The van der Waals surface area contributed by atoms with E-state index in [1.54, 1.807) is 29.0 Å². The lowest BCUT2D eigenvalue weighted by molar-refractivity contribution is -0.126. The van der Waals surface area contributed by atoms with Gasteiger partial charge in [0.25, 0.3) is 0 Å². The van der Waals surface area contributed by atoms with E-state index in [9.17, 15) is 9.59 Å². The zero-order valence-electron chi connectivity index (χ0n) is 12.4. The van der Waals surface area contributed by atoms with Crippen LogP contribution in [0.25, 0.3) is 0 Å². The van der Waals surface area contributed by atoms with Gasteiger partial charge >= 0.3 is 0 Å². The molecule has 1 aromatic carbocycles. The van der Waals surface area contributed by atoms with Crippen molar-refractivity contribution in [2.45, 2.75) is 13.0 Å². The molecule has 2 amide bonds. The predicted molar refractivity (Wildman–Crippen MR) is 82.0 cm³/mol. The van der Waals surface area contributed by atoms with Crippen LogP contribution in [0, 0.1) is 5.92 Å². The van der Waals surface area contributed by atoms with Crippen LogP contribution >= 0.6 is 0 Å². The van der Waals surface area contributed by atoms with Crippen LogP contribution in [0.15, 0.2) is 42.7 Å². The summed E-state index contributed by atoms with van der Waals surface area (Å²) in [7, 11) is 1.80. The highest BCUT2D eigenvalue weighted by Gasteiger charge is 2.35. The fraction of sp³-hybridized carbons (Fsp3) is 0.312. The zero-order valence-corrected chi connectivity index (χ0v) is 12.4. The van der Waals surface area contributed by atoms with Gasteiger partial charge in [0.2, 0.25) is 11.8 Å². The maximum Gasteiger partial charge on any atom is 0.227 e. The minimum absolute atomic E-state index is 0.0344. The smallest absolute Gasteiger partial charge is 0.227 e. The number of aromatic nitrogens is 2. The van der Waals surface area contributed by atoms with Crippen LogP contribution in [-0.2, 0) is 23.2 Å². The number of hydrogen-bond donors (Lipinski definition) is 1. The van der Waals surface area contributed by atoms with Crippen LogP contribution in [0.3, 0.4) is 0 Å². The Morgan fingerprint density at radius 1 is 1.36 bits per heavy atom. The van der Waals surface area contributed by atoms with Gasteiger partial charge in [-0.3, -0.25) is 14.3 Å². The van der Waals surface area contributed by atoms with E-state index in [0.29, 0.717) is 13.1 Å². The van der Waals surface area contributed by atoms with Crippen LogP contribution in [0.1, 0.15) is 12.0 Å². The molecule has 0 bridgehead atoms. The Labute approximate surface area is 128 Å². The third-order valence-corrected chi connectivity index (χ3v) is 3.81. The minimum atomic E-state index is -0.309. The van der Waals surface area contributed by atoms with Gasteiger partial charge in [-0.2, -0.15) is 5.10 Å². The molecule has 6 heteroatoms. The van der Waals surface area contributed by atoms with Gasteiger partial charge in [-0.15, -0.1) is 0 Å².